The second kappa shape index (κ2) is 7.54. The molecule has 1 saturated heterocycles. The summed E-state index contributed by atoms with van der Waals surface area (Å²) >= 11 is 0. The lowest BCUT2D eigenvalue weighted by Gasteiger charge is -2.31. The molecule has 1 fully saturated rings. The van der Waals surface area contributed by atoms with Crippen molar-refractivity contribution in [3.63, 3.8) is 0 Å². The number of piperidine rings is 1. The van der Waals surface area contributed by atoms with E-state index in [0.717, 1.165) is 22.3 Å². The van der Waals surface area contributed by atoms with E-state index in [0.29, 0.717) is 17.7 Å². The number of carbonyl (C=O) groups is 1. The van der Waals surface area contributed by atoms with Crippen molar-refractivity contribution in [2.24, 2.45) is 5.92 Å². The minimum Gasteiger partial charge on any atom is -0.450 e. The van der Waals surface area contributed by atoms with Crippen LogP contribution >= 0.6 is 0 Å². The molecule has 0 radical (unpaired) electrons. The normalized spacial score (nSPS) is 16.4. The van der Waals surface area contributed by atoms with Crippen LogP contribution in [0.1, 0.15) is 35.1 Å². The lowest BCUT2D eigenvalue weighted by molar-refractivity contribution is -0.148. The van der Waals surface area contributed by atoms with Crippen molar-refractivity contribution in [1.29, 1.82) is 5.26 Å². The zero-order chi connectivity index (χ0) is 18.8. The minimum atomic E-state index is -3.61. The number of aryl methyl sites for hydroxylation is 2. The molecule has 0 aliphatic carbocycles. The number of carbonyl (C=O) groups excluding carboxylic acids is 1. The van der Waals surface area contributed by atoms with Gasteiger partial charge in [0.15, 0.2) is 6.61 Å². The highest BCUT2D eigenvalue weighted by atomic mass is 32.2. The van der Waals surface area contributed by atoms with Crippen molar-refractivity contribution >= 4 is 16.0 Å². The lowest BCUT2D eigenvalue weighted by atomic mass is 9.98. The van der Waals surface area contributed by atoms with Gasteiger partial charge in [-0.25, -0.2) is 8.42 Å². The summed E-state index contributed by atoms with van der Waals surface area (Å²) in [5.41, 5.74) is 3.46. The Bertz CT molecular complexity index is 790. The number of rotatable bonds is 4. The predicted octanol–water partition coefficient (Wildman–Crippen LogP) is 2.39. The quantitative estimate of drug-likeness (QED) is 0.766. The molecule has 1 aromatic carbocycles. The van der Waals surface area contributed by atoms with E-state index in [2.05, 4.69) is 0 Å². The van der Waals surface area contributed by atoms with Crippen LogP contribution in [0.4, 0.5) is 0 Å². The summed E-state index contributed by atoms with van der Waals surface area (Å²) in [5.74, 6) is -0.765. The molecule has 0 saturated carbocycles. The first-order valence-corrected chi connectivity index (χ1v) is 9.75. The van der Waals surface area contributed by atoms with Gasteiger partial charge in [0.1, 0.15) is 6.07 Å². The Labute approximate surface area is 149 Å². The van der Waals surface area contributed by atoms with Gasteiger partial charge in [0.05, 0.1) is 10.8 Å². The third kappa shape index (κ3) is 3.86. The maximum absolute atomic E-state index is 13.1. The highest BCUT2D eigenvalue weighted by molar-refractivity contribution is 7.89. The first kappa shape index (κ1) is 19.4. The van der Waals surface area contributed by atoms with Gasteiger partial charge < -0.3 is 4.74 Å². The smallest absolute Gasteiger partial charge is 0.310 e. The molecule has 1 aliphatic heterocycles. The highest BCUT2D eigenvalue weighted by Gasteiger charge is 2.34. The Morgan fingerprint density at radius 1 is 1.20 bits per heavy atom. The van der Waals surface area contributed by atoms with Gasteiger partial charge in [0, 0.05) is 13.1 Å². The van der Waals surface area contributed by atoms with Crippen LogP contribution < -0.4 is 0 Å². The fourth-order valence-corrected chi connectivity index (χ4v) is 5.30. The van der Waals surface area contributed by atoms with Crippen LogP contribution in [0.15, 0.2) is 11.0 Å². The molecular weight excluding hydrogens is 340 g/mol. The van der Waals surface area contributed by atoms with Crippen LogP contribution in [0.5, 0.6) is 0 Å². The van der Waals surface area contributed by atoms with Gasteiger partial charge >= 0.3 is 5.97 Å². The summed E-state index contributed by atoms with van der Waals surface area (Å²) in [7, 11) is -3.61. The number of nitriles is 1. The van der Waals surface area contributed by atoms with Gasteiger partial charge in [-0.15, -0.1) is 0 Å². The van der Waals surface area contributed by atoms with Crippen LogP contribution in [0.25, 0.3) is 0 Å². The monoisotopic (exact) mass is 364 g/mol. The van der Waals surface area contributed by atoms with E-state index in [1.165, 1.54) is 4.31 Å². The molecular formula is C18H24N2O4S. The van der Waals surface area contributed by atoms with Gasteiger partial charge in [-0.3, -0.25) is 4.79 Å². The number of benzene rings is 1. The van der Waals surface area contributed by atoms with Crippen LogP contribution in [0, 0.1) is 44.9 Å². The van der Waals surface area contributed by atoms with E-state index in [4.69, 9.17) is 10.00 Å². The molecule has 0 bridgehead atoms. The molecule has 0 unspecified atom stereocenters. The minimum absolute atomic E-state index is 0.266. The van der Waals surface area contributed by atoms with Gasteiger partial charge in [-0.2, -0.15) is 9.57 Å². The number of nitrogens with zero attached hydrogens (tertiary/aromatic N) is 2. The van der Waals surface area contributed by atoms with E-state index in [1.807, 2.05) is 33.8 Å². The highest BCUT2D eigenvalue weighted by Crippen LogP contribution is 2.31. The molecule has 6 nitrogen and oxygen atoms in total. The number of sulfonamides is 1. The fourth-order valence-electron chi connectivity index (χ4n) is 3.25. The summed E-state index contributed by atoms with van der Waals surface area (Å²) in [6.07, 6.45) is 0.818. The third-order valence-electron chi connectivity index (χ3n) is 4.96. The van der Waals surface area contributed by atoms with Gasteiger partial charge in [-0.1, -0.05) is 6.07 Å². The van der Waals surface area contributed by atoms with Gasteiger partial charge in [0.25, 0.3) is 0 Å². The maximum atomic E-state index is 13.1. The molecule has 1 aliphatic rings. The zero-order valence-corrected chi connectivity index (χ0v) is 15.9. The Hall–Kier alpha value is -1.91. The van der Waals surface area contributed by atoms with Crippen molar-refractivity contribution in [3.05, 3.63) is 28.3 Å². The molecule has 7 heteroatoms. The van der Waals surface area contributed by atoms with E-state index in [1.54, 1.807) is 6.07 Å². The fraction of sp³-hybridized carbons (Fsp3) is 0.556. The lowest BCUT2D eigenvalue weighted by Crippen LogP contribution is -2.41. The number of hydrogen-bond donors (Lipinski definition) is 0. The van der Waals surface area contributed by atoms with Crippen molar-refractivity contribution in [1.82, 2.24) is 4.31 Å². The molecule has 25 heavy (non-hydrogen) atoms. The SMILES string of the molecule is Cc1cc(C)c(C)c(S(=O)(=O)N2CCC(C(=O)OCC#N)CC2)c1C. The summed E-state index contributed by atoms with van der Waals surface area (Å²) in [6, 6.07) is 3.77. The summed E-state index contributed by atoms with van der Waals surface area (Å²) in [4.78, 5) is 12.2. The second-order valence-corrected chi connectivity index (χ2v) is 8.41. The Morgan fingerprint density at radius 3 is 2.20 bits per heavy atom. The van der Waals surface area contributed by atoms with E-state index < -0.39 is 16.0 Å². The molecule has 0 N–H and O–H groups in total. The Morgan fingerprint density at radius 2 is 1.72 bits per heavy atom. The Balaban J connectivity index is 2.21. The maximum Gasteiger partial charge on any atom is 0.310 e. The number of esters is 1. The van der Waals surface area contributed by atoms with Crippen LogP contribution in [-0.2, 0) is 19.6 Å². The van der Waals surface area contributed by atoms with Crippen molar-refractivity contribution in [2.45, 2.75) is 45.4 Å². The molecule has 2 rings (SSSR count). The van der Waals surface area contributed by atoms with Crippen LogP contribution in [0.2, 0.25) is 0 Å². The average Bonchev–Trinajstić information content (AvgIpc) is 2.58. The van der Waals surface area contributed by atoms with E-state index >= 15 is 0 Å². The molecule has 0 amide bonds. The second-order valence-electron chi connectivity index (χ2n) is 6.53. The summed E-state index contributed by atoms with van der Waals surface area (Å²) in [6.45, 7) is 7.79. The van der Waals surface area contributed by atoms with E-state index in [-0.39, 0.29) is 25.6 Å². The molecule has 0 atom stereocenters. The molecule has 0 spiro atoms. The van der Waals surface area contributed by atoms with Crippen molar-refractivity contribution in [2.75, 3.05) is 19.7 Å². The Kier molecular flexibility index (Phi) is 5.86. The topological polar surface area (TPSA) is 87.5 Å². The first-order valence-electron chi connectivity index (χ1n) is 8.31. The summed E-state index contributed by atoms with van der Waals surface area (Å²) in [5, 5.41) is 8.47. The summed E-state index contributed by atoms with van der Waals surface area (Å²) < 4.78 is 32.6. The zero-order valence-electron chi connectivity index (χ0n) is 15.1. The number of ether oxygens (including phenoxy) is 1. The number of hydrogen-bond acceptors (Lipinski definition) is 5. The van der Waals surface area contributed by atoms with Gasteiger partial charge in [-0.05, 0) is 62.8 Å². The standard InChI is InChI=1S/C18H24N2O4S/c1-12-11-13(2)15(4)17(14(12)3)25(22,23)20-8-5-16(6-9-20)18(21)24-10-7-19/h11,16H,5-6,8-10H2,1-4H3. The predicted molar refractivity (Wildman–Crippen MR) is 93.4 cm³/mol. The largest absolute Gasteiger partial charge is 0.450 e. The average molecular weight is 364 g/mol. The van der Waals surface area contributed by atoms with Gasteiger partial charge in [0.2, 0.25) is 10.0 Å². The van der Waals surface area contributed by atoms with Crippen molar-refractivity contribution in [3.8, 4) is 6.07 Å². The first-order chi connectivity index (χ1) is 11.7. The van der Waals surface area contributed by atoms with Crippen LogP contribution in [0.3, 0.4) is 0 Å². The third-order valence-corrected chi connectivity index (χ3v) is 7.13. The molecule has 1 heterocycles. The van der Waals surface area contributed by atoms with E-state index in [9.17, 15) is 13.2 Å². The van der Waals surface area contributed by atoms with Crippen LogP contribution in [-0.4, -0.2) is 38.4 Å². The molecule has 0 aromatic heterocycles. The van der Waals surface area contributed by atoms with Crippen molar-refractivity contribution < 1.29 is 17.9 Å². The molecule has 136 valence electrons. The molecule has 1 aromatic rings.